The number of fused-ring (bicyclic) bond motifs is 1. The molecule has 0 fully saturated rings. The van der Waals surface area contributed by atoms with E-state index in [1.54, 1.807) is 11.3 Å². The largest absolute Gasteiger partial charge is 0.489 e. The van der Waals surface area contributed by atoms with Crippen molar-refractivity contribution >= 4 is 34.0 Å². The Morgan fingerprint density at radius 3 is 2.60 bits per heavy atom. The fourth-order valence-electron chi connectivity index (χ4n) is 1.75. The molecule has 15 heavy (non-hydrogen) atoms. The standard InChI is InChI=1S/C11H13BO2S/c1-7(2)8-4-3-5-9-10(12(13)14)6-15-11(8)9/h3-7,13-14H,1-2H3. The van der Waals surface area contributed by atoms with Gasteiger partial charge in [-0.05, 0) is 22.2 Å². The Balaban J connectivity index is 2.69. The van der Waals surface area contributed by atoms with E-state index < -0.39 is 7.12 Å². The lowest BCUT2D eigenvalue weighted by Crippen LogP contribution is -2.28. The zero-order valence-corrected chi connectivity index (χ0v) is 9.58. The molecule has 1 aromatic heterocycles. The molecule has 2 N–H and O–H groups in total. The van der Waals surface area contributed by atoms with Gasteiger partial charge >= 0.3 is 7.12 Å². The Labute approximate surface area is 93.3 Å². The van der Waals surface area contributed by atoms with Gasteiger partial charge in [0, 0.05) is 10.2 Å². The number of thiophene rings is 1. The first-order valence-electron chi connectivity index (χ1n) is 4.97. The minimum atomic E-state index is -1.37. The third-order valence-corrected chi connectivity index (χ3v) is 3.62. The predicted octanol–water partition coefficient (Wildman–Crippen LogP) is 1.70. The molecule has 78 valence electrons. The number of hydrogen-bond donors (Lipinski definition) is 2. The molecule has 0 saturated heterocycles. The second-order valence-electron chi connectivity index (χ2n) is 3.94. The van der Waals surface area contributed by atoms with Crippen molar-refractivity contribution in [3.05, 3.63) is 29.1 Å². The summed E-state index contributed by atoms with van der Waals surface area (Å²) >= 11 is 1.58. The fourth-order valence-corrected chi connectivity index (χ4v) is 3.00. The SMILES string of the molecule is CC(C)c1cccc2c(B(O)O)csc12. The van der Waals surface area contributed by atoms with E-state index in [0.29, 0.717) is 11.4 Å². The topological polar surface area (TPSA) is 40.5 Å². The van der Waals surface area contributed by atoms with Crippen LogP contribution in [0.1, 0.15) is 25.3 Å². The van der Waals surface area contributed by atoms with Crippen molar-refractivity contribution in [2.75, 3.05) is 0 Å². The van der Waals surface area contributed by atoms with Crippen molar-refractivity contribution in [2.24, 2.45) is 0 Å². The average molecular weight is 220 g/mol. The first-order valence-corrected chi connectivity index (χ1v) is 5.85. The molecule has 2 rings (SSSR count). The lowest BCUT2D eigenvalue weighted by atomic mass is 9.80. The van der Waals surface area contributed by atoms with Crippen LogP contribution in [0.5, 0.6) is 0 Å². The second-order valence-corrected chi connectivity index (χ2v) is 4.82. The van der Waals surface area contributed by atoms with E-state index in [1.165, 1.54) is 5.56 Å². The summed E-state index contributed by atoms with van der Waals surface area (Å²) in [7, 11) is -1.37. The molecule has 2 nitrogen and oxygen atoms in total. The van der Waals surface area contributed by atoms with E-state index in [1.807, 2.05) is 17.5 Å². The summed E-state index contributed by atoms with van der Waals surface area (Å²) in [5, 5.41) is 21.2. The van der Waals surface area contributed by atoms with Crippen LogP contribution in [0.4, 0.5) is 0 Å². The molecule has 1 aromatic carbocycles. The van der Waals surface area contributed by atoms with Crippen molar-refractivity contribution in [2.45, 2.75) is 19.8 Å². The Bertz CT molecular complexity index is 476. The molecule has 0 amide bonds. The van der Waals surface area contributed by atoms with Crippen molar-refractivity contribution < 1.29 is 10.0 Å². The van der Waals surface area contributed by atoms with E-state index in [2.05, 4.69) is 19.9 Å². The lowest BCUT2D eigenvalue weighted by molar-refractivity contribution is 0.426. The first-order chi connectivity index (χ1) is 7.11. The molecule has 0 spiro atoms. The van der Waals surface area contributed by atoms with E-state index in [4.69, 9.17) is 0 Å². The molecule has 0 aliphatic heterocycles. The van der Waals surface area contributed by atoms with Gasteiger partial charge in [0.2, 0.25) is 0 Å². The molecule has 0 radical (unpaired) electrons. The van der Waals surface area contributed by atoms with Gasteiger partial charge in [-0.1, -0.05) is 32.0 Å². The molecule has 2 aromatic rings. The van der Waals surface area contributed by atoms with Crippen molar-refractivity contribution in [1.29, 1.82) is 0 Å². The van der Waals surface area contributed by atoms with Gasteiger partial charge in [0.1, 0.15) is 0 Å². The molecular formula is C11H13BO2S. The summed E-state index contributed by atoms with van der Waals surface area (Å²) in [5.74, 6) is 0.455. The Morgan fingerprint density at radius 2 is 2.00 bits per heavy atom. The normalized spacial score (nSPS) is 11.3. The van der Waals surface area contributed by atoms with Crippen LogP contribution in [0.25, 0.3) is 10.1 Å². The maximum Gasteiger partial charge on any atom is 0.489 e. The van der Waals surface area contributed by atoms with Crippen LogP contribution in [0.15, 0.2) is 23.6 Å². The summed E-state index contributed by atoms with van der Waals surface area (Å²) in [6, 6.07) is 6.00. The lowest BCUT2D eigenvalue weighted by Gasteiger charge is -2.06. The number of benzene rings is 1. The summed E-state index contributed by atoms with van der Waals surface area (Å²) in [6.07, 6.45) is 0. The summed E-state index contributed by atoms with van der Waals surface area (Å²) in [5.41, 5.74) is 1.88. The zero-order chi connectivity index (χ0) is 11.0. The third kappa shape index (κ3) is 1.80. The van der Waals surface area contributed by atoms with Crippen molar-refractivity contribution in [3.8, 4) is 0 Å². The second kappa shape index (κ2) is 3.97. The van der Waals surface area contributed by atoms with Crippen molar-refractivity contribution in [1.82, 2.24) is 0 Å². The molecule has 0 bridgehead atoms. The van der Waals surface area contributed by atoms with Gasteiger partial charge in [0.25, 0.3) is 0 Å². The number of rotatable bonds is 2. The van der Waals surface area contributed by atoms with Crippen LogP contribution in [-0.4, -0.2) is 17.2 Å². The van der Waals surface area contributed by atoms with Gasteiger partial charge in [0.15, 0.2) is 0 Å². The number of hydrogen-bond acceptors (Lipinski definition) is 3. The maximum atomic E-state index is 9.20. The van der Waals surface area contributed by atoms with E-state index in [0.717, 1.165) is 10.1 Å². The predicted molar refractivity (Wildman–Crippen MR) is 65.7 cm³/mol. The summed E-state index contributed by atoms with van der Waals surface area (Å²) in [6.45, 7) is 4.28. The van der Waals surface area contributed by atoms with Crippen LogP contribution in [0, 0.1) is 0 Å². The molecule has 0 saturated carbocycles. The Hall–Kier alpha value is -0.835. The van der Waals surface area contributed by atoms with E-state index in [-0.39, 0.29) is 0 Å². The van der Waals surface area contributed by atoms with Gasteiger partial charge in [0.05, 0.1) is 0 Å². The van der Waals surface area contributed by atoms with Gasteiger partial charge in [-0.2, -0.15) is 0 Å². The minimum absolute atomic E-state index is 0.455. The highest BCUT2D eigenvalue weighted by atomic mass is 32.1. The van der Waals surface area contributed by atoms with Gasteiger partial charge in [-0.15, -0.1) is 11.3 Å². The maximum absolute atomic E-state index is 9.20. The summed E-state index contributed by atoms with van der Waals surface area (Å²) in [4.78, 5) is 0. The first kappa shape index (κ1) is 10.7. The van der Waals surface area contributed by atoms with Gasteiger partial charge in [-0.25, -0.2) is 0 Å². The van der Waals surface area contributed by atoms with Gasteiger partial charge in [-0.3, -0.25) is 0 Å². The molecule has 0 unspecified atom stereocenters. The fraction of sp³-hybridized carbons (Fsp3) is 0.273. The Morgan fingerprint density at radius 1 is 1.27 bits per heavy atom. The van der Waals surface area contributed by atoms with Crippen LogP contribution in [-0.2, 0) is 0 Å². The van der Waals surface area contributed by atoms with Crippen LogP contribution in [0.2, 0.25) is 0 Å². The van der Waals surface area contributed by atoms with Crippen LogP contribution < -0.4 is 5.46 Å². The molecular weight excluding hydrogens is 207 g/mol. The van der Waals surface area contributed by atoms with Crippen molar-refractivity contribution in [3.63, 3.8) is 0 Å². The molecule has 0 atom stereocenters. The molecule has 4 heteroatoms. The highest BCUT2D eigenvalue weighted by molar-refractivity contribution is 7.18. The summed E-state index contributed by atoms with van der Waals surface area (Å²) < 4.78 is 1.16. The quantitative estimate of drug-likeness (QED) is 0.756. The zero-order valence-electron chi connectivity index (χ0n) is 8.77. The third-order valence-electron chi connectivity index (χ3n) is 2.56. The van der Waals surface area contributed by atoms with Gasteiger partial charge < -0.3 is 10.0 Å². The van der Waals surface area contributed by atoms with E-state index >= 15 is 0 Å². The Kier molecular flexibility index (Phi) is 2.82. The monoisotopic (exact) mass is 220 g/mol. The molecule has 0 aliphatic rings. The van der Waals surface area contributed by atoms with Crippen LogP contribution >= 0.6 is 11.3 Å². The minimum Gasteiger partial charge on any atom is -0.423 e. The highest BCUT2D eigenvalue weighted by Gasteiger charge is 2.18. The molecule has 0 aliphatic carbocycles. The average Bonchev–Trinajstić information content (AvgIpc) is 2.59. The van der Waals surface area contributed by atoms with Crippen LogP contribution in [0.3, 0.4) is 0 Å². The highest BCUT2D eigenvalue weighted by Crippen LogP contribution is 2.28. The van der Waals surface area contributed by atoms with E-state index in [9.17, 15) is 10.0 Å². The smallest absolute Gasteiger partial charge is 0.423 e. The molecule has 1 heterocycles.